The summed E-state index contributed by atoms with van der Waals surface area (Å²) in [6.45, 7) is 3.19. The molecule has 1 aliphatic rings. The number of amides is 1. The average molecular weight is 234 g/mol. The molecule has 2 atom stereocenters. The van der Waals surface area contributed by atoms with Gasteiger partial charge in [0.25, 0.3) is 0 Å². The Kier molecular flexibility index (Phi) is 3.76. The zero-order valence-corrected chi connectivity index (χ0v) is 10.0. The van der Waals surface area contributed by atoms with Crippen LogP contribution in [0.3, 0.4) is 0 Å². The van der Waals surface area contributed by atoms with Crippen molar-refractivity contribution in [2.24, 2.45) is 5.73 Å². The summed E-state index contributed by atoms with van der Waals surface area (Å²) in [6, 6.07) is 10.1. The van der Waals surface area contributed by atoms with Crippen LogP contribution in [0.25, 0.3) is 0 Å². The van der Waals surface area contributed by atoms with E-state index in [2.05, 4.69) is 0 Å². The fourth-order valence-corrected chi connectivity index (χ4v) is 2.09. The maximum atomic E-state index is 11.7. The molecule has 0 aromatic heterocycles. The zero-order chi connectivity index (χ0) is 12.3. The van der Waals surface area contributed by atoms with E-state index >= 15 is 0 Å². The van der Waals surface area contributed by atoms with Crippen molar-refractivity contribution in [3.63, 3.8) is 0 Å². The molecule has 2 rings (SSSR count). The molecule has 1 aromatic carbocycles. The molecule has 0 saturated carbocycles. The number of carbonyl (C=O) groups is 1. The number of hydrogen-bond acceptors (Lipinski definition) is 3. The third-order valence-corrected chi connectivity index (χ3v) is 3.10. The minimum Gasteiger partial charge on any atom is -0.370 e. The van der Waals surface area contributed by atoms with Gasteiger partial charge in [-0.1, -0.05) is 30.3 Å². The first-order chi connectivity index (χ1) is 8.22. The molecule has 2 N–H and O–H groups in total. The lowest BCUT2D eigenvalue weighted by Crippen LogP contribution is -2.50. The van der Waals surface area contributed by atoms with Crippen LogP contribution in [0.4, 0.5) is 0 Å². The second kappa shape index (κ2) is 5.29. The molecule has 1 aliphatic heterocycles. The van der Waals surface area contributed by atoms with Gasteiger partial charge in [0, 0.05) is 0 Å². The molecular formula is C13H18N2O2. The smallest absolute Gasteiger partial charge is 0.236 e. The summed E-state index contributed by atoms with van der Waals surface area (Å²) in [5.41, 5.74) is 6.52. The van der Waals surface area contributed by atoms with Crippen LogP contribution >= 0.6 is 0 Å². The normalized spacial score (nSPS) is 24.7. The number of morpholine rings is 1. The van der Waals surface area contributed by atoms with Gasteiger partial charge in [0.05, 0.1) is 25.7 Å². The molecule has 0 unspecified atom stereocenters. The van der Waals surface area contributed by atoms with Crippen molar-refractivity contribution >= 4 is 5.91 Å². The molecule has 4 nitrogen and oxygen atoms in total. The van der Waals surface area contributed by atoms with Crippen molar-refractivity contribution in [1.29, 1.82) is 0 Å². The lowest BCUT2D eigenvalue weighted by Gasteiger charge is -2.38. The number of benzene rings is 1. The number of ether oxygens (including phenoxy) is 1. The van der Waals surface area contributed by atoms with E-state index < -0.39 is 0 Å². The van der Waals surface area contributed by atoms with Gasteiger partial charge in [-0.15, -0.1) is 0 Å². The average Bonchev–Trinajstić information content (AvgIpc) is 2.39. The van der Waals surface area contributed by atoms with Crippen molar-refractivity contribution in [1.82, 2.24) is 4.90 Å². The van der Waals surface area contributed by atoms with E-state index in [1.807, 2.05) is 37.3 Å². The summed E-state index contributed by atoms with van der Waals surface area (Å²) < 4.78 is 5.77. The highest BCUT2D eigenvalue weighted by Crippen LogP contribution is 2.24. The first kappa shape index (κ1) is 12.1. The maximum Gasteiger partial charge on any atom is 0.236 e. The number of rotatable bonds is 2. The summed E-state index contributed by atoms with van der Waals surface area (Å²) in [7, 11) is 0. The first-order valence-electron chi connectivity index (χ1n) is 5.88. The van der Waals surface area contributed by atoms with Crippen molar-refractivity contribution < 1.29 is 9.53 Å². The zero-order valence-electron chi connectivity index (χ0n) is 10.0. The Bertz CT molecular complexity index is 380. The summed E-state index contributed by atoms with van der Waals surface area (Å²) in [4.78, 5) is 13.5. The van der Waals surface area contributed by atoms with Gasteiger partial charge in [0.1, 0.15) is 6.10 Å². The molecule has 0 spiro atoms. The first-order valence-corrected chi connectivity index (χ1v) is 5.88. The Morgan fingerprint density at radius 1 is 1.47 bits per heavy atom. The van der Waals surface area contributed by atoms with E-state index in [0.717, 1.165) is 5.56 Å². The molecule has 17 heavy (non-hydrogen) atoms. The van der Waals surface area contributed by atoms with E-state index in [9.17, 15) is 4.79 Å². The maximum absolute atomic E-state index is 11.7. The molecule has 4 heteroatoms. The summed E-state index contributed by atoms with van der Waals surface area (Å²) in [6.07, 6.45) is -0.0390. The third kappa shape index (κ3) is 2.65. The Hall–Kier alpha value is -1.39. The van der Waals surface area contributed by atoms with Crippen LogP contribution in [0.15, 0.2) is 30.3 Å². The molecule has 1 heterocycles. The number of nitrogens with zero attached hydrogens (tertiary/aromatic N) is 1. The minimum absolute atomic E-state index is 0.0123. The summed E-state index contributed by atoms with van der Waals surface area (Å²) in [5, 5.41) is 0. The molecule has 1 aromatic rings. The van der Waals surface area contributed by atoms with Crippen molar-refractivity contribution in [3.8, 4) is 0 Å². The van der Waals surface area contributed by atoms with Crippen LogP contribution in [0.2, 0.25) is 0 Å². The molecule has 0 bridgehead atoms. The number of carbonyl (C=O) groups excluding carboxylic acids is 1. The molecular weight excluding hydrogens is 216 g/mol. The minimum atomic E-state index is -0.0390. The van der Waals surface area contributed by atoms with E-state index in [4.69, 9.17) is 10.5 Å². The molecule has 1 saturated heterocycles. The second-order valence-corrected chi connectivity index (χ2v) is 4.33. The van der Waals surface area contributed by atoms with Crippen LogP contribution in [-0.2, 0) is 9.53 Å². The fourth-order valence-electron chi connectivity index (χ4n) is 2.09. The molecule has 92 valence electrons. The monoisotopic (exact) mass is 234 g/mol. The van der Waals surface area contributed by atoms with Crippen LogP contribution < -0.4 is 5.73 Å². The van der Waals surface area contributed by atoms with Crippen molar-refractivity contribution in [2.45, 2.75) is 19.1 Å². The van der Waals surface area contributed by atoms with Gasteiger partial charge in [-0.3, -0.25) is 4.79 Å². The third-order valence-electron chi connectivity index (χ3n) is 3.10. The van der Waals surface area contributed by atoms with Crippen molar-refractivity contribution in [3.05, 3.63) is 35.9 Å². The lowest BCUT2D eigenvalue weighted by atomic mass is 10.1. The Morgan fingerprint density at radius 2 is 2.18 bits per heavy atom. The van der Waals surface area contributed by atoms with Crippen molar-refractivity contribution in [2.75, 3.05) is 19.7 Å². The SMILES string of the molecule is C[C@H]1CO[C@@H](c2ccccc2)CN1C(=O)CN. The lowest BCUT2D eigenvalue weighted by molar-refractivity contribution is -0.142. The standard InChI is InChI=1S/C13H18N2O2/c1-10-9-17-12(8-15(10)13(16)7-14)11-5-3-2-4-6-11/h2-6,10,12H,7-9,14H2,1H3/t10-,12+/m0/s1. The van der Waals surface area contributed by atoms with Gasteiger partial charge >= 0.3 is 0 Å². The predicted octanol–water partition coefficient (Wildman–Crippen LogP) is 0.934. The molecule has 1 amide bonds. The quantitative estimate of drug-likeness (QED) is 0.828. The Labute approximate surface area is 101 Å². The van der Waals surface area contributed by atoms with Gasteiger partial charge in [-0.05, 0) is 12.5 Å². The highest BCUT2D eigenvalue weighted by atomic mass is 16.5. The highest BCUT2D eigenvalue weighted by Gasteiger charge is 2.29. The van der Waals surface area contributed by atoms with E-state index in [-0.39, 0.29) is 24.6 Å². The topological polar surface area (TPSA) is 55.6 Å². The molecule has 1 fully saturated rings. The van der Waals surface area contributed by atoms with Gasteiger partial charge in [-0.2, -0.15) is 0 Å². The van der Waals surface area contributed by atoms with Gasteiger partial charge in [0.15, 0.2) is 0 Å². The van der Waals surface area contributed by atoms with Gasteiger partial charge < -0.3 is 15.4 Å². The largest absolute Gasteiger partial charge is 0.370 e. The number of nitrogens with two attached hydrogens (primary N) is 1. The van der Waals surface area contributed by atoms with Gasteiger partial charge in [0.2, 0.25) is 5.91 Å². The van der Waals surface area contributed by atoms with Crippen LogP contribution in [0.5, 0.6) is 0 Å². The van der Waals surface area contributed by atoms with Crippen LogP contribution in [0, 0.1) is 0 Å². The second-order valence-electron chi connectivity index (χ2n) is 4.33. The van der Waals surface area contributed by atoms with E-state index in [1.165, 1.54) is 0 Å². The highest BCUT2D eigenvalue weighted by molar-refractivity contribution is 5.78. The predicted molar refractivity (Wildman–Crippen MR) is 65.4 cm³/mol. The van der Waals surface area contributed by atoms with E-state index in [1.54, 1.807) is 4.90 Å². The Morgan fingerprint density at radius 3 is 2.82 bits per heavy atom. The Balaban J connectivity index is 2.10. The van der Waals surface area contributed by atoms with E-state index in [0.29, 0.717) is 13.2 Å². The van der Waals surface area contributed by atoms with Gasteiger partial charge in [-0.25, -0.2) is 0 Å². The molecule has 0 aliphatic carbocycles. The fraction of sp³-hybridized carbons (Fsp3) is 0.462. The summed E-state index contributed by atoms with van der Waals surface area (Å²) >= 11 is 0. The molecule has 0 radical (unpaired) electrons. The van der Waals surface area contributed by atoms with Crippen LogP contribution in [0.1, 0.15) is 18.6 Å². The van der Waals surface area contributed by atoms with Crippen LogP contribution in [-0.4, -0.2) is 36.5 Å². The number of hydrogen-bond donors (Lipinski definition) is 1. The summed E-state index contributed by atoms with van der Waals surface area (Å²) in [5.74, 6) is -0.0123.